The molecule has 0 aliphatic heterocycles. The third-order valence-corrected chi connectivity index (χ3v) is 2.07. The molecule has 0 fully saturated rings. The summed E-state index contributed by atoms with van der Waals surface area (Å²) in [5, 5.41) is 8.82. The third-order valence-electron chi connectivity index (χ3n) is 2.07. The monoisotopic (exact) mass is 201 g/mol. The quantitative estimate of drug-likeness (QED) is 0.685. The maximum absolute atomic E-state index is 12.8. The van der Waals surface area contributed by atoms with Gasteiger partial charge in [0.05, 0.1) is 11.6 Å². The molecule has 0 amide bonds. The van der Waals surface area contributed by atoms with E-state index in [0.29, 0.717) is 18.4 Å². The summed E-state index contributed by atoms with van der Waals surface area (Å²) in [4.78, 5) is 0. The van der Waals surface area contributed by atoms with Gasteiger partial charge in [-0.2, -0.15) is 5.26 Å². The van der Waals surface area contributed by atoms with E-state index < -0.39 is 0 Å². The van der Waals surface area contributed by atoms with E-state index in [2.05, 4.69) is 13.2 Å². The molecule has 0 aliphatic carbocycles. The summed E-state index contributed by atoms with van der Waals surface area (Å²) in [5.74, 6) is -0.385. The SMILES string of the molecule is C=CCC(=C)Cc1ccc(F)cc1C#N. The predicted octanol–water partition coefficient (Wildman–Crippen LogP) is 3.37. The van der Waals surface area contributed by atoms with Gasteiger partial charge in [0.2, 0.25) is 0 Å². The van der Waals surface area contributed by atoms with Crippen molar-refractivity contribution in [3.05, 3.63) is 60.0 Å². The van der Waals surface area contributed by atoms with E-state index in [1.807, 2.05) is 6.07 Å². The zero-order chi connectivity index (χ0) is 11.3. The number of rotatable bonds is 4. The van der Waals surface area contributed by atoms with Gasteiger partial charge in [-0.3, -0.25) is 0 Å². The first-order valence-electron chi connectivity index (χ1n) is 4.63. The Morgan fingerprint density at radius 1 is 1.53 bits per heavy atom. The molecule has 0 spiro atoms. The molecule has 0 unspecified atom stereocenters. The molecule has 1 aromatic rings. The van der Waals surface area contributed by atoms with Crippen molar-refractivity contribution in [3.8, 4) is 6.07 Å². The number of halogens is 1. The maximum atomic E-state index is 12.8. The standard InChI is InChI=1S/C13H12FN/c1-3-4-10(2)7-11-5-6-13(14)8-12(11)9-15/h3,5-6,8H,1-2,4,7H2. The van der Waals surface area contributed by atoms with Crippen molar-refractivity contribution in [3.63, 3.8) is 0 Å². The summed E-state index contributed by atoms with van der Waals surface area (Å²) >= 11 is 0. The minimum absolute atomic E-state index is 0.375. The Morgan fingerprint density at radius 2 is 2.27 bits per heavy atom. The molecule has 0 saturated carbocycles. The molecule has 0 aliphatic rings. The van der Waals surface area contributed by atoms with Crippen LogP contribution in [0.1, 0.15) is 17.5 Å². The van der Waals surface area contributed by atoms with Crippen LogP contribution in [0.3, 0.4) is 0 Å². The Bertz CT molecular complexity index is 427. The molecule has 0 radical (unpaired) electrons. The van der Waals surface area contributed by atoms with Gasteiger partial charge in [-0.25, -0.2) is 4.39 Å². The van der Waals surface area contributed by atoms with E-state index in [1.54, 1.807) is 12.1 Å². The molecule has 2 heteroatoms. The molecule has 0 saturated heterocycles. The molecule has 0 bridgehead atoms. The molecule has 76 valence electrons. The van der Waals surface area contributed by atoms with E-state index in [1.165, 1.54) is 12.1 Å². The number of benzene rings is 1. The molecule has 0 heterocycles. The first-order valence-corrected chi connectivity index (χ1v) is 4.63. The lowest BCUT2D eigenvalue weighted by Gasteiger charge is -2.05. The highest BCUT2D eigenvalue weighted by molar-refractivity contribution is 5.40. The van der Waals surface area contributed by atoms with Crippen molar-refractivity contribution in [2.45, 2.75) is 12.8 Å². The van der Waals surface area contributed by atoms with Gasteiger partial charge in [-0.15, -0.1) is 6.58 Å². The molecule has 0 aromatic heterocycles. The maximum Gasteiger partial charge on any atom is 0.124 e. The molecular weight excluding hydrogens is 189 g/mol. The van der Waals surface area contributed by atoms with Crippen LogP contribution in [0.4, 0.5) is 4.39 Å². The summed E-state index contributed by atoms with van der Waals surface area (Å²) in [6, 6.07) is 6.21. The third kappa shape index (κ3) is 3.07. The van der Waals surface area contributed by atoms with E-state index >= 15 is 0 Å². The summed E-state index contributed by atoms with van der Waals surface area (Å²) in [7, 11) is 0. The van der Waals surface area contributed by atoms with Gasteiger partial charge < -0.3 is 0 Å². The van der Waals surface area contributed by atoms with Crippen LogP contribution >= 0.6 is 0 Å². The smallest absolute Gasteiger partial charge is 0.124 e. The highest BCUT2D eigenvalue weighted by atomic mass is 19.1. The molecular formula is C13H12FN. The average Bonchev–Trinajstić information content (AvgIpc) is 2.21. The van der Waals surface area contributed by atoms with Crippen molar-refractivity contribution < 1.29 is 4.39 Å². The fraction of sp³-hybridized carbons (Fsp3) is 0.154. The van der Waals surface area contributed by atoms with Crippen LogP contribution in [0.5, 0.6) is 0 Å². The Labute approximate surface area is 89.2 Å². The lowest BCUT2D eigenvalue weighted by molar-refractivity contribution is 0.626. The average molecular weight is 201 g/mol. The second-order valence-electron chi connectivity index (χ2n) is 3.33. The van der Waals surface area contributed by atoms with Crippen molar-refractivity contribution in [1.82, 2.24) is 0 Å². The second-order valence-corrected chi connectivity index (χ2v) is 3.33. The van der Waals surface area contributed by atoms with Crippen LogP contribution in [0.25, 0.3) is 0 Å². The highest BCUT2D eigenvalue weighted by Gasteiger charge is 2.04. The summed E-state index contributed by atoms with van der Waals surface area (Å²) in [6.45, 7) is 7.48. The fourth-order valence-electron chi connectivity index (χ4n) is 1.35. The normalized spacial score (nSPS) is 9.33. The molecule has 15 heavy (non-hydrogen) atoms. The highest BCUT2D eigenvalue weighted by Crippen LogP contribution is 2.15. The molecule has 1 rings (SSSR count). The van der Waals surface area contributed by atoms with Crippen molar-refractivity contribution in [2.75, 3.05) is 0 Å². The van der Waals surface area contributed by atoms with Crippen LogP contribution in [0.2, 0.25) is 0 Å². The van der Waals surface area contributed by atoms with Crippen LogP contribution in [-0.2, 0) is 6.42 Å². The predicted molar refractivity (Wildman–Crippen MR) is 58.8 cm³/mol. The van der Waals surface area contributed by atoms with E-state index in [4.69, 9.17) is 5.26 Å². The zero-order valence-corrected chi connectivity index (χ0v) is 8.46. The number of hydrogen-bond acceptors (Lipinski definition) is 1. The van der Waals surface area contributed by atoms with E-state index in [-0.39, 0.29) is 5.82 Å². The minimum Gasteiger partial charge on any atom is -0.207 e. The van der Waals surface area contributed by atoms with Gasteiger partial charge in [-0.05, 0) is 30.5 Å². The van der Waals surface area contributed by atoms with Crippen molar-refractivity contribution in [2.24, 2.45) is 0 Å². The minimum atomic E-state index is -0.385. The van der Waals surface area contributed by atoms with Crippen molar-refractivity contribution in [1.29, 1.82) is 5.26 Å². The lowest BCUT2D eigenvalue weighted by Crippen LogP contribution is -1.93. The van der Waals surface area contributed by atoms with Gasteiger partial charge in [0, 0.05) is 0 Å². The van der Waals surface area contributed by atoms with Crippen LogP contribution in [-0.4, -0.2) is 0 Å². The summed E-state index contributed by atoms with van der Waals surface area (Å²) in [6.07, 6.45) is 3.06. The summed E-state index contributed by atoms with van der Waals surface area (Å²) in [5.41, 5.74) is 2.15. The Morgan fingerprint density at radius 3 is 2.87 bits per heavy atom. The Balaban J connectivity index is 2.90. The van der Waals surface area contributed by atoms with Crippen LogP contribution < -0.4 is 0 Å². The van der Waals surface area contributed by atoms with Crippen LogP contribution in [0, 0.1) is 17.1 Å². The molecule has 0 N–H and O–H groups in total. The first kappa shape index (κ1) is 11.2. The summed E-state index contributed by atoms with van der Waals surface area (Å²) < 4.78 is 12.8. The number of hydrogen-bond donors (Lipinski definition) is 0. The second kappa shape index (κ2) is 5.11. The fourth-order valence-corrected chi connectivity index (χ4v) is 1.35. The zero-order valence-electron chi connectivity index (χ0n) is 8.46. The van der Waals surface area contributed by atoms with Crippen molar-refractivity contribution >= 4 is 0 Å². The van der Waals surface area contributed by atoms with Gasteiger partial charge in [0.15, 0.2) is 0 Å². The largest absolute Gasteiger partial charge is 0.207 e. The van der Waals surface area contributed by atoms with Gasteiger partial charge in [0.25, 0.3) is 0 Å². The molecule has 0 atom stereocenters. The Kier molecular flexibility index (Phi) is 3.82. The van der Waals surface area contributed by atoms with E-state index in [0.717, 1.165) is 11.1 Å². The topological polar surface area (TPSA) is 23.8 Å². The lowest BCUT2D eigenvalue weighted by atomic mass is 9.99. The van der Waals surface area contributed by atoms with Gasteiger partial charge in [-0.1, -0.05) is 24.3 Å². The van der Waals surface area contributed by atoms with E-state index in [9.17, 15) is 4.39 Å². The first-order chi connectivity index (χ1) is 7.17. The molecule has 1 aromatic carbocycles. The number of allylic oxidation sites excluding steroid dienone is 2. The van der Waals surface area contributed by atoms with Crippen LogP contribution in [0.15, 0.2) is 43.0 Å². The van der Waals surface area contributed by atoms with Gasteiger partial charge in [0.1, 0.15) is 5.82 Å². The number of nitriles is 1. The number of nitrogens with zero attached hydrogens (tertiary/aromatic N) is 1. The van der Waals surface area contributed by atoms with Gasteiger partial charge >= 0.3 is 0 Å². The Hall–Kier alpha value is -1.88. The molecule has 1 nitrogen and oxygen atoms in total.